The van der Waals surface area contributed by atoms with Gasteiger partial charge in [-0.25, -0.2) is 0 Å². The standard InChI is InChI=1S/C20H22N2O/c1-16(2)15-22(14-8-12-18-10-5-4-6-11-18)20(23)19-17(3)9-7-13-21-19/h4-7,9-11,13,16H,14-15H2,1-3H3. The van der Waals surface area contributed by atoms with Gasteiger partial charge in [0.25, 0.3) is 5.91 Å². The van der Waals surface area contributed by atoms with E-state index in [4.69, 9.17) is 0 Å². The molecule has 0 saturated heterocycles. The zero-order valence-electron chi connectivity index (χ0n) is 13.9. The molecule has 0 fully saturated rings. The topological polar surface area (TPSA) is 33.2 Å². The summed E-state index contributed by atoms with van der Waals surface area (Å²) >= 11 is 0. The van der Waals surface area contributed by atoms with Crippen molar-refractivity contribution < 1.29 is 4.79 Å². The van der Waals surface area contributed by atoms with E-state index in [0.29, 0.717) is 24.7 Å². The molecule has 3 nitrogen and oxygen atoms in total. The van der Waals surface area contributed by atoms with Crippen LogP contribution in [0.1, 0.15) is 35.5 Å². The predicted octanol–water partition coefficient (Wildman–Crippen LogP) is 3.54. The Morgan fingerprint density at radius 2 is 1.91 bits per heavy atom. The number of carbonyl (C=O) groups excluding carboxylic acids is 1. The molecule has 118 valence electrons. The Labute approximate surface area is 138 Å². The lowest BCUT2D eigenvalue weighted by molar-refractivity contribution is 0.0752. The first-order valence-electron chi connectivity index (χ1n) is 7.82. The summed E-state index contributed by atoms with van der Waals surface area (Å²) < 4.78 is 0. The Bertz CT molecular complexity index is 711. The highest BCUT2D eigenvalue weighted by atomic mass is 16.2. The molecule has 1 aromatic carbocycles. The molecule has 2 aromatic rings. The van der Waals surface area contributed by atoms with E-state index in [-0.39, 0.29) is 5.91 Å². The van der Waals surface area contributed by atoms with Crippen LogP contribution in [0.15, 0.2) is 48.7 Å². The minimum absolute atomic E-state index is 0.0563. The molecule has 0 aliphatic heterocycles. The second-order valence-electron chi connectivity index (χ2n) is 5.92. The highest BCUT2D eigenvalue weighted by Gasteiger charge is 2.18. The maximum Gasteiger partial charge on any atom is 0.273 e. The number of benzene rings is 1. The molecule has 1 amide bonds. The van der Waals surface area contributed by atoms with Gasteiger partial charge in [-0.15, -0.1) is 0 Å². The Morgan fingerprint density at radius 1 is 1.17 bits per heavy atom. The van der Waals surface area contributed by atoms with Gasteiger partial charge in [0, 0.05) is 18.3 Å². The summed E-state index contributed by atoms with van der Waals surface area (Å²) in [5, 5.41) is 0. The number of amides is 1. The highest BCUT2D eigenvalue weighted by Crippen LogP contribution is 2.09. The highest BCUT2D eigenvalue weighted by molar-refractivity contribution is 5.93. The van der Waals surface area contributed by atoms with Crippen molar-refractivity contribution in [1.29, 1.82) is 0 Å². The molecular weight excluding hydrogens is 284 g/mol. The lowest BCUT2D eigenvalue weighted by Gasteiger charge is -2.22. The second kappa shape index (κ2) is 8.14. The molecule has 23 heavy (non-hydrogen) atoms. The largest absolute Gasteiger partial charge is 0.326 e. The molecule has 0 bridgehead atoms. The number of aromatic nitrogens is 1. The van der Waals surface area contributed by atoms with Gasteiger partial charge in [-0.05, 0) is 36.6 Å². The quantitative estimate of drug-likeness (QED) is 0.810. The molecule has 0 atom stereocenters. The molecule has 0 radical (unpaired) electrons. The minimum Gasteiger partial charge on any atom is -0.326 e. The van der Waals surface area contributed by atoms with Crippen LogP contribution in [0, 0.1) is 24.7 Å². The van der Waals surface area contributed by atoms with Crippen molar-refractivity contribution in [3.63, 3.8) is 0 Å². The third-order valence-corrected chi connectivity index (χ3v) is 3.36. The number of carbonyl (C=O) groups is 1. The Hall–Kier alpha value is -2.60. The molecule has 0 aliphatic rings. The van der Waals surface area contributed by atoms with E-state index in [2.05, 4.69) is 30.7 Å². The van der Waals surface area contributed by atoms with Crippen molar-refractivity contribution in [3.8, 4) is 11.8 Å². The second-order valence-corrected chi connectivity index (χ2v) is 5.92. The molecular formula is C20H22N2O. The normalized spacial score (nSPS) is 10.1. The van der Waals surface area contributed by atoms with Crippen LogP contribution in [0.5, 0.6) is 0 Å². The molecule has 0 saturated carbocycles. The molecule has 1 heterocycles. The number of hydrogen-bond donors (Lipinski definition) is 0. The molecule has 0 aliphatic carbocycles. The van der Waals surface area contributed by atoms with Gasteiger partial charge in [0.1, 0.15) is 5.69 Å². The van der Waals surface area contributed by atoms with Gasteiger partial charge in [-0.2, -0.15) is 0 Å². The van der Waals surface area contributed by atoms with E-state index in [9.17, 15) is 4.79 Å². The third kappa shape index (κ3) is 4.96. The number of nitrogens with zero attached hydrogens (tertiary/aromatic N) is 2. The van der Waals surface area contributed by atoms with Gasteiger partial charge in [0.05, 0.1) is 6.54 Å². The van der Waals surface area contributed by atoms with E-state index in [1.54, 1.807) is 11.1 Å². The van der Waals surface area contributed by atoms with Crippen molar-refractivity contribution in [2.24, 2.45) is 5.92 Å². The van der Waals surface area contributed by atoms with Crippen LogP contribution in [0.3, 0.4) is 0 Å². The fourth-order valence-electron chi connectivity index (χ4n) is 2.28. The van der Waals surface area contributed by atoms with Crippen molar-refractivity contribution >= 4 is 5.91 Å². The molecule has 3 heteroatoms. The van der Waals surface area contributed by atoms with Crippen LogP contribution in [-0.2, 0) is 0 Å². The third-order valence-electron chi connectivity index (χ3n) is 3.36. The van der Waals surface area contributed by atoms with Gasteiger partial charge < -0.3 is 4.90 Å². The van der Waals surface area contributed by atoms with Crippen LogP contribution in [0.25, 0.3) is 0 Å². The first-order valence-corrected chi connectivity index (χ1v) is 7.82. The Morgan fingerprint density at radius 3 is 2.57 bits per heavy atom. The number of pyridine rings is 1. The van der Waals surface area contributed by atoms with Crippen LogP contribution in [-0.4, -0.2) is 28.9 Å². The average molecular weight is 306 g/mol. The van der Waals surface area contributed by atoms with Crippen LogP contribution in [0.2, 0.25) is 0 Å². The maximum atomic E-state index is 12.7. The summed E-state index contributed by atoms with van der Waals surface area (Å²) in [6.07, 6.45) is 1.66. The number of rotatable bonds is 4. The first-order chi connectivity index (χ1) is 11.1. The van der Waals surface area contributed by atoms with Crippen molar-refractivity contribution in [2.45, 2.75) is 20.8 Å². The SMILES string of the molecule is Cc1cccnc1C(=O)N(CC#Cc1ccccc1)CC(C)C. The number of hydrogen-bond acceptors (Lipinski definition) is 2. The fourth-order valence-corrected chi connectivity index (χ4v) is 2.28. The maximum absolute atomic E-state index is 12.7. The van der Waals surface area contributed by atoms with E-state index in [0.717, 1.165) is 11.1 Å². The van der Waals surface area contributed by atoms with Crippen molar-refractivity contribution in [2.75, 3.05) is 13.1 Å². The molecule has 0 N–H and O–H groups in total. The predicted molar refractivity (Wildman–Crippen MR) is 93.0 cm³/mol. The van der Waals surface area contributed by atoms with Gasteiger partial charge in [-0.1, -0.05) is 50.0 Å². The van der Waals surface area contributed by atoms with E-state index >= 15 is 0 Å². The summed E-state index contributed by atoms with van der Waals surface area (Å²) in [6.45, 7) is 7.16. The zero-order valence-corrected chi connectivity index (χ0v) is 13.9. The van der Waals surface area contributed by atoms with Crippen LogP contribution >= 0.6 is 0 Å². The van der Waals surface area contributed by atoms with E-state index in [1.807, 2.05) is 49.4 Å². The summed E-state index contributed by atoms with van der Waals surface area (Å²) in [7, 11) is 0. The lowest BCUT2D eigenvalue weighted by atomic mass is 10.1. The summed E-state index contributed by atoms with van der Waals surface area (Å²) in [5.41, 5.74) is 2.36. The summed E-state index contributed by atoms with van der Waals surface area (Å²) in [5.74, 6) is 6.53. The molecule has 0 unspecified atom stereocenters. The molecule has 1 aromatic heterocycles. The molecule has 0 spiro atoms. The summed E-state index contributed by atoms with van der Waals surface area (Å²) in [4.78, 5) is 18.7. The van der Waals surface area contributed by atoms with E-state index < -0.39 is 0 Å². The average Bonchev–Trinajstić information content (AvgIpc) is 2.54. The number of aryl methyl sites for hydroxylation is 1. The van der Waals surface area contributed by atoms with Crippen molar-refractivity contribution in [1.82, 2.24) is 9.88 Å². The molecule has 2 rings (SSSR count). The monoisotopic (exact) mass is 306 g/mol. The van der Waals surface area contributed by atoms with Gasteiger partial charge in [0.15, 0.2) is 0 Å². The zero-order chi connectivity index (χ0) is 16.7. The fraction of sp³-hybridized carbons (Fsp3) is 0.300. The van der Waals surface area contributed by atoms with Gasteiger partial charge in [0.2, 0.25) is 0 Å². The van der Waals surface area contributed by atoms with Gasteiger partial charge >= 0.3 is 0 Å². The Balaban J connectivity index is 2.16. The van der Waals surface area contributed by atoms with Crippen LogP contribution < -0.4 is 0 Å². The lowest BCUT2D eigenvalue weighted by Crippen LogP contribution is -2.35. The minimum atomic E-state index is -0.0563. The first kappa shape index (κ1) is 16.8. The summed E-state index contributed by atoms with van der Waals surface area (Å²) in [6, 6.07) is 13.5. The van der Waals surface area contributed by atoms with Crippen LogP contribution in [0.4, 0.5) is 0 Å². The smallest absolute Gasteiger partial charge is 0.273 e. The Kier molecular flexibility index (Phi) is 5.94. The van der Waals surface area contributed by atoms with Gasteiger partial charge in [-0.3, -0.25) is 9.78 Å². The van der Waals surface area contributed by atoms with Crippen molar-refractivity contribution in [3.05, 3.63) is 65.5 Å². The van der Waals surface area contributed by atoms with E-state index in [1.165, 1.54) is 0 Å².